The quantitative estimate of drug-likeness (QED) is 0.660. The lowest BCUT2D eigenvalue weighted by Crippen LogP contribution is -2.27. The molecule has 0 saturated carbocycles. The third-order valence-electron chi connectivity index (χ3n) is 4.42. The Kier molecular flexibility index (Phi) is 2.16. The Morgan fingerprint density at radius 1 is 0.765 bits per heavy atom. The predicted octanol–water partition coefficient (Wildman–Crippen LogP) is 4.63. The predicted molar refractivity (Wildman–Crippen MR) is 73.2 cm³/mol. The van der Waals surface area contributed by atoms with Gasteiger partial charge in [0.1, 0.15) is 0 Å². The van der Waals surface area contributed by atoms with Crippen LogP contribution in [-0.2, 0) is 5.41 Å². The van der Waals surface area contributed by atoms with Crippen LogP contribution in [0.2, 0.25) is 0 Å². The van der Waals surface area contributed by atoms with E-state index in [1.54, 1.807) is 0 Å². The molecule has 0 nitrogen and oxygen atoms in total. The van der Waals surface area contributed by atoms with Crippen molar-refractivity contribution in [2.24, 2.45) is 5.92 Å². The summed E-state index contributed by atoms with van der Waals surface area (Å²) in [5.74, 6) is 0.604. The van der Waals surface area contributed by atoms with Crippen molar-refractivity contribution in [1.29, 1.82) is 0 Å². The van der Waals surface area contributed by atoms with E-state index in [9.17, 15) is 0 Å². The van der Waals surface area contributed by atoms with Crippen molar-refractivity contribution in [2.45, 2.75) is 26.2 Å². The molecule has 0 fully saturated rings. The molecule has 1 aliphatic carbocycles. The normalized spacial score (nSPS) is 15.8. The summed E-state index contributed by atoms with van der Waals surface area (Å²) in [6, 6.07) is 17.7. The van der Waals surface area contributed by atoms with Gasteiger partial charge in [-0.05, 0) is 28.2 Å². The van der Waals surface area contributed by atoms with Gasteiger partial charge < -0.3 is 0 Å². The first-order valence-electron chi connectivity index (χ1n) is 6.35. The highest BCUT2D eigenvalue weighted by atomic mass is 14.4. The topological polar surface area (TPSA) is 0 Å². The fourth-order valence-electron chi connectivity index (χ4n) is 3.11. The number of fused-ring (bicyclic) bond motifs is 3. The van der Waals surface area contributed by atoms with Crippen LogP contribution in [0.1, 0.15) is 31.9 Å². The van der Waals surface area contributed by atoms with Gasteiger partial charge >= 0.3 is 0 Å². The average molecular weight is 222 g/mol. The molecule has 0 N–H and O–H groups in total. The Morgan fingerprint density at radius 2 is 1.18 bits per heavy atom. The summed E-state index contributed by atoms with van der Waals surface area (Å²) in [6.45, 7) is 7.01. The third-order valence-corrected chi connectivity index (χ3v) is 4.42. The van der Waals surface area contributed by atoms with Gasteiger partial charge in [0.15, 0.2) is 0 Å². The molecule has 0 radical (unpaired) electrons. The van der Waals surface area contributed by atoms with E-state index in [2.05, 4.69) is 69.3 Å². The first kappa shape index (κ1) is 10.6. The maximum atomic E-state index is 2.38. The molecule has 2 aromatic carbocycles. The van der Waals surface area contributed by atoms with Crippen molar-refractivity contribution in [3.05, 3.63) is 59.7 Å². The maximum Gasteiger partial charge on any atom is 0.0209 e. The van der Waals surface area contributed by atoms with E-state index in [1.165, 1.54) is 22.3 Å². The van der Waals surface area contributed by atoms with Gasteiger partial charge in [-0.1, -0.05) is 69.3 Å². The van der Waals surface area contributed by atoms with E-state index in [-0.39, 0.29) is 5.41 Å². The Hall–Kier alpha value is -1.56. The Balaban J connectivity index is 2.39. The standard InChI is InChI=1S/C17H18/c1-12(2)17(3)15-10-6-4-8-13(15)14-9-5-7-11-16(14)17/h4-12H,1-3H3. The molecule has 0 heteroatoms. The van der Waals surface area contributed by atoms with Crippen LogP contribution >= 0.6 is 0 Å². The minimum atomic E-state index is 0.160. The molecular formula is C17H18. The molecule has 0 spiro atoms. The zero-order chi connectivity index (χ0) is 12.0. The van der Waals surface area contributed by atoms with Crippen molar-refractivity contribution in [3.63, 3.8) is 0 Å². The van der Waals surface area contributed by atoms with Crippen LogP contribution in [0.4, 0.5) is 0 Å². The van der Waals surface area contributed by atoms with Crippen LogP contribution in [0.15, 0.2) is 48.5 Å². The molecule has 0 saturated heterocycles. The van der Waals surface area contributed by atoms with Crippen molar-refractivity contribution >= 4 is 0 Å². The zero-order valence-electron chi connectivity index (χ0n) is 10.7. The van der Waals surface area contributed by atoms with E-state index in [4.69, 9.17) is 0 Å². The van der Waals surface area contributed by atoms with Gasteiger partial charge in [0.25, 0.3) is 0 Å². The highest BCUT2D eigenvalue weighted by Gasteiger charge is 2.40. The van der Waals surface area contributed by atoms with Crippen LogP contribution in [0.25, 0.3) is 11.1 Å². The minimum Gasteiger partial charge on any atom is -0.0619 e. The van der Waals surface area contributed by atoms with E-state index < -0.39 is 0 Å². The zero-order valence-corrected chi connectivity index (χ0v) is 10.7. The lowest BCUT2D eigenvalue weighted by molar-refractivity contribution is 0.414. The average Bonchev–Trinajstić information content (AvgIpc) is 2.63. The second-order valence-corrected chi connectivity index (χ2v) is 5.45. The lowest BCUT2D eigenvalue weighted by Gasteiger charge is -2.31. The van der Waals surface area contributed by atoms with Gasteiger partial charge in [-0.15, -0.1) is 0 Å². The smallest absolute Gasteiger partial charge is 0.0209 e. The van der Waals surface area contributed by atoms with Crippen LogP contribution in [0.3, 0.4) is 0 Å². The Labute approximate surface area is 103 Å². The van der Waals surface area contributed by atoms with Gasteiger partial charge in [0, 0.05) is 5.41 Å². The minimum absolute atomic E-state index is 0.160. The Bertz CT molecular complexity index is 518. The molecule has 0 bridgehead atoms. The van der Waals surface area contributed by atoms with Crippen molar-refractivity contribution < 1.29 is 0 Å². The first-order chi connectivity index (χ1) is 8.15. The summed E-state index contributed by atoms with van der Waals surface area (Å²) in [7, 11) is 0. The second-order valence-electron chi connectivity index (χ2n) is 5.45. The molecule has 0 atom stereocenters. The van der Waals surface area contributed by atoms with Crippen LogP contribution < -0.4 is 0 Å². The number of hydrogen-bond donors (Lipinski definition) is 0. The largest absolute Gasteiger partial charge is 0.0619 e. The molecule has 0 aliphatic heterocycles. The highest BCUT2D eigenvalue weighted by Crippen LogP contribution is 2.51. The maximum absolute atomic E-state index is 2.38. The van der Waals surface area contributed by atoms with Crippen molar-refractivity contribution in [3.8, 4) is 11.1 Å². The Morgan fingerprint density at radius 3 is 1.59 bits per heavy atom. The number of hydrogen-bond acceptors (Lipinski definition) is 0. The summed E-state index contributed by atoms with van der Waals surface area (Å²) < 4.78 is 0. The van der Waals surface area contributed by atoms with E-state index >= 15 is 0 Å². The van der Waals surface area contributed by atoms with Gasteiger partial charge in [0.05, 0.1) is 0 Å². The van der Waals surface area contributed by atoms with E-state index in [0.29, 0.717) is 5.92 Å². The van der Waals surface area contributed by atoms with Crippen molar-refractivity contribution in [2.75, 3.05) is 0 Å². The fraction of sp³-hybridized carbons (Fsp3) is 0.294. The lowest BCUT2D eigenvalue weighted by atomic mass is 9.71. The van der Waals surface area contributed by atoms with Gasteiger partial charge in [-0.3, -0.25) is 0 Å². The SMILES string of the molecule is CC(C)C1(C)c2ccccc2-c2ccccc21. The van der Waals surface area contributed by atoms with Gasteiger partial charge in [-0.25, -0.2) is 0 Å². The van der Waals surface area contributed by atoms with Crippen LogP contribution in [-0.4, -0.2) is 0 Å². The van der Waals surface area contributed by atoms with E-state index in [0.717, 1.165) is 0 Å². The fourth-order valence-corrected chi connectivity index (χ4v) is 3.11. The monoisotopic (exact) mass is 222 g/mol. The first-order valence-corrected chi connectivity index (χ1v) is 6.35. The highest BCUT2D eigenvalue weighted by molar-refractivity contribution is 5.80. The molecule has 0 aromatic heterocycles. The molecule has 0 heterocycles. The molecule has 86 valence electrons. The molecule has 3 rings (SSSR count). The molecule has 17 heavy (non-hydrogen) atoms. The van der Waals surface area contributed by atoms with Crippen LogP contribution in [0, 0.1) is 5.92 Å². The molecule has 0 amide bonds. The van der Waals surface area contributed by atoms with E-state index in [1.807, 2.05) is 0 Å². The summed E-state index contributed by atoms with van der Waals surface area (Å²) >= 11 is 0. The molecule has 0 unspecified atom stereocenters. The van der Waals surface area contributed by atoms with Crippen LogP contribution in [0.5, 0.6) is 0 Å². The molecular weight excluding hydrogens is 204 g/mol. The summed E-state index contributed by atoms with van der Waals surface area (Å²) in [5, 5.41) is 0. The number of benzene rings is 2. The van der Waals surface area contributed by atoms with Gasteiger partial charge in [-0.2, -0.15) is 0 Å². The second kappa shape index (κ2) is 3.46. The number of rotatable bonds is 1. The third kappa shape index (κ3) is 1.24. The van der Waals surface area contributed by atoms with Gasteiger partial charge in [0.2, 0.25) is 0 Å². The summed E-state index contributed by atoms with van der Waals surface area (Å²) in [4.78, 5) is 0. The molecule has 2 aromatic rings. The molecule has 1 aliphatic rings. The van der Waals surface area contributed by atoms with Crippen molar-refractivity contribution in [1.82, 2.24) is 0 Å². The summed E-state index contributed by atoms with van der Waals surface area (Å²) in [5.41, 5.74) is 5.96. The summed E-state index contributed by atoms with van der Waals surface area (Å²) in [6.07, 6.45) is 0.